The van der Waals surface area contributed by atoms with E-state index in [-0.39, 0.29) is 5.41 Å². The van der Waals surface area contributed by atoms with Gasteiger partial charge in [-0.05, 0) is 122 Å². The second-order valence-corrected chi connectivity index (χ2v) is 13.1. The summed E-state index contributed by atoms with van der Waals surface area (Å²) in [5, 5.41) is 0. The van der Waals surface area contributed by atoms with Crippen molar-refractivity contribution in [3.05, 3.63) is 227 Å². The van der Waals surface area contributed by atoms with Gasteiger partial charge in [-0.1, -0.05) is 203 Å². The van der Waals surface area contributed by atoms with Crippen molar-refractivity contribution >= 4 is 11.1 Å². The molecule has 0 bridgehead atoms. The quantitative estimate of drug-likeness (QED) is 0.125. The standard InChI is InChI=1S/C32H30.C9H10.C7H8.C3H6.2C2H6/c1-5-13-24(6-2)32(25-15-8-7-9-16-25)30-19-12-18-27(30)29-21-28(23(4)20-31(29)32)26-17-11-10-14-22(26)3;1-8(2)9-6-4-3-5-7-9;1-7-5-3-2-4-6-7;1-3-2;2*1-2/h5-17,19-21H,18H2,1-4H3;3-7H,1H2,2H3;2-6H,1H3;3H,1H2,2H3;2*1-2H3/b13-5-,24-6+;;;;;. The smallest absolute Gasteiger partial charge is 0.0707 e. The maximum atomic E-state index is 3.83. The summed E-state index contributed by atoms with van der Waals surface area (Å²) in [5.74, 6) is 0. The van der Waals surface area contributed by atoms with Crippen LogP contribution in [0.15, 0.2) is 188 Å². The Bertz CT molecular complexity index is 2030. The molecule has 0 nitrogen and oxygen atoms in total. The van der Waals surface area contributed by atoms with E-state index in [1.807, 2.05) is 77.9 Å². The zero-order valence-electron chi connectivity index (χ0n) is 35.7. The summed E-state index contributed by atoms with van der Waals surface area (Å²) in [4.78, 5) is 0. The van der Waals surface area contributed by atoms with Crippen molar-refractivity contribution < 1.29 is 0 Å². The lowest BCUT2D eigenvalue weighted by molar-refractivity contribution is 0.758. The molecule has 1 unspecified atom stereocenters. The van der Waals surface area contributed by atoms with E-state index in [0.29, 0.717) is 0 Å². The van der Waals surface area contributed by atoms with Crippen LogP contribution in [0, 0.1) is 20.8 Å². The van der Waals surface area contributed by atoms with Gasteiger partial charge in [-0.15, -0.1) is 6.58 Å². The monoisotopic (exact) mass is 727 g/mol. The molecule has 1 atom stereocenters. The minimum Gasteiger partial charge on any atom is -0.103 e. The summed E-state index contributed by atoms with van der Waals surface area (Å²) in [6.07, 6.45) is 14.2. The fourth-order valence-electron chi connectivity index (χ4n) is 7.04. The van der Waals surface area contributed by atoms with Crippen LogP contribution in [-0.2, 0) is 5.41 Å². The molecule has 0 fully saturated rings. The fraction of sp³-hybridized carbons (Fsp3) is 0.236. The van der Waals surface area contributed by atoms with Crippen molar-refractivity contribution in [3.8, 4) is 11.1 Å². The maximum absolute atomic E-state index is 3.83. The van der Waals surface area contributed by atoms with Gasteiger partial charge in [-0.3, -0.25) is 0 Å². The summed E-state index contributed by atoms with van der Waals surface area (Å²) in [6.45, 7) is 29.9. The fourth-order valence-corrected chi connectivity index (χ4v) is 7.04. The van der Waals surface area contributed by atoms with Crippen LogP contribution in [0.1, 0.15) is 101 Å². The molecule has 55 heavy (non-hydrogen) atoms. The number of aryl methyl sites for hydroxylation is 3. The van der Waals surface area contributed by atoms with Crippen molar-refractivity contribution in [2.75, 3.05) is 0 Å². The van der Waals surface area contributed by atoms with E-state index < -0.39 is 0 Å². The third-order valence-electron chi connectivity index (χ3n) is 9.37. The van der Waals surface area contributed by atoms with Gasteiger partial charge in [0.05, 0.1) is 5.41 Å². The number of benzene rings is 5. The number of hydrogen-bond donors (Lipinski definition) is 0. The Labute approximate surface area is 336 Å². The first-order valence-electron chi connectivity index (χ1n) is 20.0. The SMILES string of the molecule is C/C=C\C(=C/C)C1(c2ccccc2)C2=C(CC=C2)c2cc(-c3ccccc3C)c(C)cc21.C=C(C)c1ccccc1.C=CC.CC.CC.Cc1ccccc1. The average molecular weight is 727 g/mol. The van der Waals surface area contributed by atoms with Crippen LogP contribution in [0.2, 0.25) is 0 Å². The molecule has 0 amide bonds. The highest BCUT2D eigenvalue weighted by molar-refractivity contribution is 5.92. The average Bonchev–Trinajstić information content (AvgIpc) is 3.81. The Kier molecular flexibility index (Phi) is 20.0. The van der Waals surface area contributed by atoms with E-state index in [0.717, 1.165) is 12.0 Å². The molecule has 0 radical (unpaired) electrons. The number of rotatable bonds is 5. The molecule has 7 rings (SSSR count). The Morgan fingerprint density at radius 2 is 1.16 bits per heavy atom. The Hall–Kier alpha value is -5.46. The Morgan fingerprint density at radius 1 is 0.636 bits per heavy atom. The predicted octanol–water partition coefficient (Wildman–Crippen LogP) is 16.5. The summed E-state index contributed by atoms with van der Waals surface area (Å²) in [7, 11) is 0. The first-order chi connectivity index (χ1) is 26.7. The van der Waals surface area contributed by atoms with Crippen LogP contribution >= 0.6 is 0 Å². The normalized spacial score (nSPS) is 14.5. The van der Waals surface area contributed by atoms with Crippen LogP contribution in [0.4, 0.5) is 0 Å². The lowest BCUT2D eigenvalue weighted by atomic mass is 9.66. The van der Waals surface area contributed by atoms with Gasteiger partial charge >= 0.3 is 0 Å². The summed E-state index contributed by atoms with van der Waals surface area (Å²) >= 11 is 0. The van der Waals surface area contributed by atoms with Crippen LogP contribution in [0.3, 0.4) is 0 Å². The van der Waals surface area contributed by atoms with E-state index in [1.54, 1.807) is 6.08 Å². The maximum Gasteiger partial charge on any atom is 0.0707 e. The second-order valence-electron chi connectivity index (χ2n) is 13.1. The molecule has 0 spiro atoms. The largest absolute Gasteiger partial charge is 0.103 e. The highest BCUT2D eigenvalue weighted by Gasteiger charge is 2.48. The van der Waals surface area contributed by atoms with Crippen molar-refractivity contribution in [2.45, 2.75) is 88.0 Å². The summed E-state index contributed by atoms with van der Waals surface area (Å²) < 4.78 is 0. The van der Waals surface area contributed by atoms with Gasteiger partial charge in [0.2, 0.25) is 0 Å². The molecule has 5 aromatic rings. The molecule has 0 aromatic heterocycles. The van der Waals surface area contributed by atoms with Crippen LogP contribution in [-0.4, -0.2) is 0 Å². The zero-order chi connectivity index (χ0) is 40.8. The topological polar surface area (TPSA) is 0 Å². The molecule has 2 aliphatic carbocycles. The first kappa shape index (κ1) is 45.7. The minimum absolute atomic E-state index is 0.269. The molecule has 0 saturated carbocycles. The van der Waals surface area contributed by atoms with E-state index in [4.69, 9.17) is 0 Å². The number of allylic oxidation sites excluding steroid dienone is 10. The van der Waals surface area contributed by atoms with Gasteiger partial charge in [0.1, 0.15) is 0 Å². The summed E-state index contributed by atoms with van der Waals surface area (Å²) in [6, 6.07) is 45.1. The summed E-state index contributed by atoms with van der Waals surface area (Å²) in [5.41, 5.74) is 17.1. The molecule has 0 N–H and O–H groups in total. The van der Waals surface area contributed by atoms with Crippen LogP contribution in [0.25, 0.3) is 22.3 Å². The molecule has 0 aliphatic heterocycles. The Balaban J connectivity index is 0.000000370. The number of fused-ring (bicyclic) bond motifs is 2. The highest BCUT2D eigenvalue weighted by Crippen LogP contribution is 2.58. The van der Waals surface area contributed by atoms with Crippen molar-refractivity contribution in [3.63, 3.8) is 0 Å². The molecule has 0 heteroatoms. The van der Waals surface area contributed by atoms with Gasteiger partial charge in [0.15, 0.2) is 0 Å². The van der Waals surface area contributed by atoms with Crippen molar-refractivity contribution in [2.24, 2.45) is 0 Å². The van der Waals surface area contributed by atoms with Gasteiger partial charge < -0.3 is 0 Å². The van der Waals surface area contributed by atoms with E-state index in [9.17, 15) is 0 Å². The van der Waals surface area contributed by atoms with Gasteiger partial charge in [-0.25, -0.2) is 0 Å². The first-order valence-corrected chi connectivity index (χ1v) is 20.0. The molecule has 2 aliphatic rings. The van der Waals surface area contributed by atoms with E-state index in [2.05, 4.69) is 169 Å². The zero-order valence-corrected chi connectivity index (χ0v) is 35.7. The lowest BCUT2D eigenvalue weighted by Gasteiger charge is -2.36. The predicted molar refractivity (Wildman–Crippen MR) is 249 cm³/mol. The van der Waals surface area contributed by atoms with E-state index in [1.165, 1.54) is 66.8 Å². The molecule has 0 saturated heterocycles. The Morgan fingerprint density at radius 3 is 1.64 bits per heavy atom. The molecule has 0 heterocycles. The van der Waals surface area contributed by atoms with Crippen LogP contribution < -0.4 is 0 Å². The van der Waals surface area contributed by atoms with Gasteiger partial charge in [0, 0.05) is 0 Å². The second kappa shape index (κ2) is 24.0. The molecular weight excluding hydrogens is 661 g/mol. The highest BCUT2D eigenvalue weighted by atomic mass is 14.5. The molecule has 286 valence electrons. The molecule has 5 aromatic carbocycles. The van der Waals surface area contributed by atoms with Gasteiger partial charge in [-0.2, -0.15) is 0 Å². The van der Waals surface area contributed by atoms with Crippen LogP contribution in [0.5, 0.6) is 0 Å². The van der Waals surface area contributed by atoms with E-state index >= 15 is 0 Å². The van der Waals surface area contributed by atoms with Crippen molar-refractivity contribution in [1.82, 2.24) is 0 Å². The van der Waals surface area contributed by atoms with Gasteiger partial charge in [0.25, 0.3) is 0 Å². The third kappa shape index (κ3) is 11.3. The third-order valence-corrected chi connectivity index (χ3v) is 9.37. The van der Waals surface area contributed by atoms with Crippen molar-refractivity contribution in [1.29, 1.82) is 0 Å². The minimum atomic E-state index is -0.269. The molecular formula is C55H66. The number of hydrogen-bond acceptors (Lipinski definition) is 0. The lowest BCUT2D eigenvalue weighted by Crippen LogP contribution is -2.29.